The first-order valence-electron chi connectivity index (χ1n) is 6.21. The molecule has 0 radical (unpaired) electrons. The smallest absolute Gasteiger partial charge is 0.339 e. The highest BCUT2D eigenvalue weighted by atomic mass is 16.5. The van der Waals surface area contributed by atoms with Crippen LogP contribution in [0.15, 0.2) is 30.9 Å². The molecule has 0 heterocycles. The average Bonchev–Trinajstić information content (AvgIpc) is 2.43. The lowest BCUT2D eigenvalue weighted by Crippen LogP contribution is -2.37. The molecule has 1 aromatic carbocycles. The van der Waals surface area contributed by atoms with E-state index in [2.05, 4.69) is 11.9 Å². The zero-order chi connectivity index (χ0) is 15.8. The number of benzene rings is 1. The molecular weight excluding hydrogens is 276 g/mol. The Balaban J connectivity index is 2.78. The molecule has 0 fully saturated rings. The van der Waals surface area contributed by atoms with Crippen LogP contribution in [0.2, 0.25) is 0 Å². The summed E-state index contributed by atoms with van der Waals surface area (Å²) in [5, 5.41) is 21.0. The van der Waals surface area contributed by atoms with Crippen molar-refractivity contribution in [1.29, 1.82) is 0 Å². The number of urea groups is 1. The SMILES string of the molecule is C=CCN(CCOC)C(=O)Nc1ccc(C(=O)O)c(O)c1. The number of methoxy groups -OCH3 is 1. The molecular formula is C14H18N2O5. The van der Waals surface area contributed by atoms with Crippen molar-refractivity contribution in [3.63, 3.8) is 0 Å². The summed E-state index contributed by atoms with van der Waals surface area (Å²) < 4.78 is 4.92. The first-order chi connectivity index (χ1) is 9.99. The number of hydrogen-bond donors (Lipinski definition) is 3. The number of nitrogens with zero attached hydrogens (tertiary/aromatic N) is 1. The van der Waals surface area contributed by atoms with Gasteiger partial charge in [-0.2, -0.15) is 0 Å². The van der Waals surface area contributed by atoms with Crippen molar-refractivity contribution in [3.8, 4) is 5.75 Å². The lowest BCUT2D eigenvalue weighted by molar-refractivity contribution is 0.0694. The Kier molecular flexibility index (Phi) is 6.22. The Bertz CT molecular complexity index is 530. The van der Waals surface area contributed by atoms with Gasteiger partial charge in [0.25, 0.3) is 0 Å². The van der Waals surface area contributed by atoms with Gasteiger partial charge in [0, 0.05) is 32.0 Å². The number of anilines is 1. The van der Waals surface area contributed by atoms with Crippen molar-refractivity contribution in [1.82, 2.24) is 4.90 Å². The molecule has 2 amide bonds. The number of aromatic carboxylic acids is 1. The van der Waals surface area contributed by atoms with Crippen molar-refractivity contribution in [2.45, 2.75) is 0 Å². The summed E-state index contributed by atoms with van der Waals surface area (Å²) in [6, 6.07) is 3.42. The maximum Gasteiger partial charge on any atom is 0.339 e. The Labute approximate surface area is 122 Å². The number of hydrogen-bond acceptors (Lipinski definition) is 4. The molecule has 0 spiro atoms. The van der Waals surface area contributed by atoms with Crippen LogP contribution in [-0.2, 0) is 4.74 Å². The molecule has 7 nitrogen and oxygen atoms in total. The van der Waals surface area contributed by atoms with Crippen molar-refractivity contribution >= 4 is 17.7 Å². The van der Waals surface area contributed by atoms with Gasteiger partial charge in [-0.15, -0.1) is 6.58 Å². The van der Waals surface area contributed by atoms with Crippen LogP contribution in [-0.4, -0.2) is 53.9 Å². The fourth-order valence-corrected chi connectivity index (χ4v) is 1.63. The molecule has 0 bridgehead atoms. The van der Waals surface area contributed by atoms with E-state index in [0.29, 0.717) is 25.4 Å². The molecule has 0 atom stereocenters. The predicted molar refractivity (Wildman–Crippen MR) is 77.7 cm³/mol. The molecule has 0 saturated heterocycles. The molecule has 0 aliphatic heterocycles. The van der Waals surface area contributed by atoms with Crippen LogP contribution in [0, 0.1) is 0 Å². The number of carbonyl (C=O) groups is 2. The standard InChI is InChI=1S/C14H18N2O5/c1-3-6-16(7-8-21-2)14(20)15-10-4-5-11(13(18)19)12(17)9-10/h3-5,9,17H,1,6-8H2,2H3,(H,15,20)(H,18,19). The summed E-state index contributed by atoms with van der Waals surface area (Å²) in [5.74, 6) is -1.65. The van der Waals surface area contributed by atoms with E-state index < -0.39 is 17.7 Å². The third kappa shape index (κ3) is 4.81. The average molecular weight is 294 g/mol. The molecule has 0 saturated carbocycles. The van der Waals surface area contributed by atoms with E-state index in [1.165, 1.54) is 30.2 Å². The van der Waals surface area contributed by atoms with E-state index in [1.807, 2.05) is 0 Å². The van der Waals surface area contributed by atoms with Crippen LogP contribution in [0.25, 0.3) is 0 Å². The van der Waals surface area contributed by atoms with Crippen molar-refractivity contribution in [2.24, 2.45) is 0 Å². The van der Waals surface area contributed by atoms with E-state index in [-0.39, 0.29) is 5.56 Å². The maximum absolute atomic E-state index is 12.1. The van der Waals surface area contributed by atoms with Crippen molar-refractivity contribution < 1.29 is 24.5 Å². The number of nitrogens with one attached hydrogen (secondary N) is 1. The number of carbonyl (C=O) groups excluding carboxylic acids is 1. The summed E-state index contributed by atoms with van der Waals surface area (Å²) in [5.41, 5.74) is 0.0734. The second-order valence-electron chi connectivity index (χ2n) is 4.19. The fourth-order valence-electron chi connectivity index (χ4n) is 1.63. The fraction of sp³-hybridized carbons (Fsp3) is 0.286. The maximum atomic E-state index is 12.1. The van der Waals surface area contributed by atoms with Crippen molar-refractivity contribution in [2.75, 3.05) is 32.1 Å². The molecule has 1 rings (SSSR count). The molecule has 1 aromatic rings. The van der Waals surface area contributed by atoms with E-state index in [4.69, 9.17) is 9.84 Å². The Morgan fingerprint density at radius 3 is 2.71 bits per heavy atom. The van der Waals surface area contributed by atoms with Gasteiger partial charge in [0.15, 0.2) is 0 Å². The normalized spacial score (nSPS) is 9.95. The molecule has 0 aromatic heterocycles. The van der Waals surface area contributed by atoms with Crippen LogP contribution in [0.4, 0.5) is 10.5 Å². The van der Waals surface area contributed by atoms with Crippen LogP contribution in [0.3, 0.4) is 0 Å². The van der Waals surface area contributed by atoms with Gasteiger partial charge in [-0.1, -0.05) is 6.08 Å². The highest BCUT2D eigenvalue weighted by Gasteiger charge is 2.14. The quantitative estimate of drug-likeness (QED) is 0.665. The molecule has 0 unspecified atom stereocenters. The van der Waals surface area contributed by atoms with Gasteiger partial charge < -0.3 is 25.2 Å². The van der Waals surface area contributed by atoms with Crippen LogP contribution in [0.1, 0.15) is 10.4 Å². The second-order valence-corrected chi connectivity index (χ2v) is 4.19. The van der Waals surface area contributed by atoms with Gasteiger partial charge in [-0.3, -0.25) is 0 Å². The number of ether oxygens (including phenoxy) is 1. The predicted octanol–water partition coefficient (Wildman–Crippen LogP) is 1.76. The van der Waals surface area contributed by atoms with Gasteiger partial charge in [0.1, 0.15) is 11.3 Å². The first-order valence-corrected chi connectivity index (χ1v) is 6.21. The van der Waals surface area contributed by atoms with Gasteiger partial charge in [-0.05, 0) is 12.1 Å². The van der Waals surface area contributed by atoms with Gasteiger partial charge in [0.2, 0.25) is 0 Å². The topological polar surface area (TPSA) is 99.1 Å². The Morgan fingerprint density at radius 2 is 2.19 bits per heavy atom. The van der Waals surface area contributed by atoms with E-state index in [9.17, 15) is 14.7 Å². The number of carboxylic acid groups (broad SMARTS) is 1. The summed E-state index contributed by atoms with van der Waals surface area (Å²) >= 11 is 0. The number of aromatic hydroxyl groups is 1. The summed E-state index contributed by atoms with van der Waals surface area (Å²) in [7, 11) is 1.53. The summed E-state index contributed by atoms with van der Waals surface area (Å²) in [6.45, 7) is 4.68. The summed E-state index contributed by atoms with van der Waals surface area (Å²) in [6.07, 6.45) is 1.58. The lowest BCUT2D eigenvalue weighted by atomic mass is 10.2. The summed E-state index contributed by atoms with van der Waals surface area (Å²) in [4.78, 5) is 24.3. The van der Waals surface area contributed by atoms with Crippen molar-refractivity contribution in [3.05, 3.63) is 36.4 Å². The number of amides is 2. The lowest BCUT2D eigenvalue weighted by Gasteiger charge is -2.21. The van der Waals surface area contributed by atoms with E-state index in [0.717, 1.165) is 0 Å². The highest BCUT2D eigenvalue weighted by molar-refractivity contribution is 5.94. The Morgan fingerprint density at radius 1 is 1.48 bits per heavy atom. The minimum atomic E-state index is -1.24. The molecule has 0 aliphatic carbocycles. The van der Waals surface area contributed by atoms with Crippen LogP contribution < -0.4 is 5.32 Å². The minimum absolute atomic E-state index is 0.227. The number of phenols is 1. The minimum Gasteiger partial charge on any atom is -0.507 e. The molecule has 7 heteroatoms. The van der Waals surface area contributed by atoms with Crippen LogP contribution >= 0.6 is 0 Å². The molecule has 114 valence electrons. The Hall–Kier alpha value is -2.54. The zero-order valence-electron chi connectivity index (χ0n) is 11.7. The largest absolute Gasteiger partial charge is 0.507 e. The third-order valence-electron chi connectivity index (χ3n) is 2.68. The number of carboxylic acids is 1. The molecule has 0 aliphatic rings. The zero-order valence-corrected chi connectivity index (χ0v) is 11.7. The monoisotopic (exact) mass is 294 g/mol. The van der Waals surface area contributed by atoms with E-state index >= 15 is 0 Å². The highest BCUT2D eigenvalue weighted by Crippen LogP contribution is 2.22. The van der Waals surface area contributed by atoms with Crippen LogP contribution in [0.5, 0.6) is 5.75 Å². The van der Waals surface area contributed by atoms with Gasteiger partial charge in [-0.25, -0.2) is 9.59 Å². The van der Waals surface area contributed by atoms with Gasteiger partial charge in [0.05, 0.1) is 6.61 Å². The molecule has 21 heavy (non-hydrogen) atoms. The number of rotatable bonds is 7. The first kappa shape index (κ1) is 16.5. The van der Waals surface area contributed by atoms with E-state index in [1.54, 1.807) is 6.08 Å². The third-order valence-corrected chi connectivity index (χ3v) is 2.68. The second kappa shape index (κ2) is 7.91. The molecule has 3 N–H and O–H groups in total. The van der Waals surface area contributed by atoms with Gasteiger partial charge >= 0.3 is 12.0 Å².